The van der Waals surface area contributed by atoms with E-state index in [-0.39, 0.29) is 12.5 Å². The summed E-state index contributed by atoms with van der Waals surface area (Å²) in [5, 5.41) is 5.19. The monoisotopic (exact) mass is 468 g/mol. The lowest BCUT2D eigenvalue weighted by atomic mass is 9.99. The van der Waals surface area contributed by atoms with Crippen molar-refractivity contribution in [3.05, 3.63) is 83.9 Å². The Balaban J connectivity index is 1.44. The van der Waals surface area contributed by atoms with E-state index in [0.29, 0.717) is 11.6 Å². The Labute approximate surface area is 204 Å². The summed E-state index contributed by atoms with van der Waals surface area (Å²) in [6, 6.07) is 18.0. The maximum Gasteiger partial charge on any atom is 0.168 e. The molecule has 0 amide bonds. The third-order valence-electron chi connectivity index (χ3n) is 6.09. The third kappa shape index (κ3) is 5.32. The number of rotatable bonds is 9. The summed E-state index contributed by atoms with van der Waals surface area (Å²) in [4.78, 5) is 16.0. The van der Waals surface area contributed by atoms with Gasteiger partial charge in [0.25, 0.3) is 0 Å². The molecule has 3 heterocycles. The van der Waals surface area contributed by atoms with E-state index < -0.39 is 0 Å². The van der Waals surface area contributed by atoms with Crippen molar-refractivity contribution in [2.24, 2.45) is 5.10 Å². The highest BCUT2D eigenvalue weighted by molar-refractivity contribution is 5.91. The van der Waals surface area contributed by atoms with Crippen LogP contribution < -0.4 is 19.8 Å². The van der Waals surface area contributed by atoms with Gasteiger partial charge in [0.1, 0.15) is 23.9 Å². The first-order chi connectivity index (χ1) is 17.2. The molecule has 8 heteroatoms. The number of ether oxygens (including phenoxy) is 2. The van der Waals surface area contributed by atoms with Crippen LogP contribution in [0.25, 0.3) is 10.9 Å². The summed E-state index contributed by atoms with van der Waals surface area (Å²) in [6.07, 6.45) is 6.49. The van der Waals surface area contributed by atoms with Crippen LogP contribution in [0.3, 0.4) is 0 Å². The Bertz CT molecular complexity index is 1330. The first kappa shape index (κ1) is 22.6. The maximum absolute atomic E-state index is 6.00. The van der Waals surface area contributed by atoms with Crippen molar-refractivity contribution in [3.8, 4) is 11.5 Å². The van der Waals surface area contributed by atoms with Crippen LogP contribution in [0.5, 0.6) is 11.5 Å². The Morgan fingerprint density at radius 1 is 1.03 bits per heavy atom. The highest BCUT2D eigenvalue weighted by atomic mass is 16.5. The molecule has 0 saturated heterocycles. The normalized spacial score (nSPS) is 14.6. The van der Waals surface area contributed by atoms with E-state index in [9.17, 15) is 0 Å². The predicted molar refractivity (Wildman–Crippen MR) is 137 cm³/mol. The number of likely N-dealkylation sites (N-methyl/N-ethyl adjacent to an activating group) is 1. The molecule has 4 aromatic rings. The molecule has 1 atom stereocenters. The number of anilines is 1. The van der Waals surface area contributed by atoms with E-state index in [2.05, 4.69) is 45.7 Å². The van der Waals surface area contributed by atoms with Crippen molar-refractivity contribution in [1.82, 2.24) is 20.4 Å². The molecule has 1 unspecified atom stereocenters. The standard InChI is InChI=1S/C27H28N6O2/c1-33(13-10-19-8-11-28-12-9-19)27-24-14-20(21-16-29-30-17-21)6-7-25(24)31-26(32-27)18-35-23-5-3-4-22(15-23)34-2/h3-9,11-12,14-16,21,30H,10,13,17-18H2,1-2H3. The summed E-state index contributed by atoms with van der Waals surface area (Å²) >= 11 is 0. The maximum atomic E-state index is 6.00. The van der Waals surface area contributed by atoms with E-state index in [1.807, 2.05) is 55.0 Å². The molecule has 0 aliphatic carbocycles. The zero-order valence-corrected chi connectivity index (χ0v) is 19.9. The average Bonchev–Trinajstić information content (AvgIpc) is 3.46. The molecular weight excluding hydrogens is 440 g/mol. The summed E-state index contributed by atoms with van der Waals surface area (Å²) in [5.41, 5.74) is 6.36. The number of methoxy groups -OCH3 is 1. The van der Waals surface area contributed by atoms with E-state index in [4.69, 9.17) is 19.4 Å². The van der Waals surface area contributed by atoms with Crippen LogP contribution >= 0.6 is 0 Å². The largest absolute Gasteiger partial charge is 0.497 e. The fourth-order valence-corrected chi connectivity index (χ4v) is 4.10. The van der Waals surface area contributed by atoms with Crippen LogP contribution in [0.1, 0.15) is 22.9 Å². The summed E-state index contributed by atoms with van der Waals surface area (Å²) in [7, 11) is 3.71. The van der Waals surface area contributed by atoms with E-state index >= 15 is 0 Å². The fraction of sp³-hybridized carbons (Fsp3) is 0.259. The van der Waals surface area contributed by atoms with Crippen molar-refractivity contribution < 1.29 is 9.47 Å². The number of nitrogens with one attached hydrogen (secondary N) is 1. The lowest BCUT2D eigenvalue weighted by Crippen LogP contribution is -2.23. The topological polar surface area (TPSA) is 84.8 Å². The Kier molecular flexibility index (Phi) is 6.70. The van der Waals surface area contributed by atoms with Gasteiger partial charge in [0.2, 0.25) is 0 Å². The van der Waals surface area contributed by atoms with Gasteiger partial charge >= 0.3 is 0 Å². The average molecular weight is 469 g/mol. The van der Waals surface area contributed by atoms with Crippen LogP contribution in [0.15, 0.2) is 72.1 Å². The molecule has 1 aliphatic rings. The molecule has 5 rings (SSSR count). The number of nitrogens with zero attached hydrogens (tertiary/aromatic N) is 5. The van der Waals surface area contributed by atoms with Gasteiger partial charge in [-0.1, -0.05) is 12.1 Å². The van der Waals surface area contributed by atoms with Crippen molar-refractivity contribution in [2.75, 3.05) is 32.1 Å². The number of hydrazone groups is 1. The first-order valence-electron chi connectivity index (χ1n) is 11.6. The summed E-state index contributed by atoms with van der Waals surface area (Å²) < 4.78 is 11.3. The lowest BCUT2D eigenvalue weighted by molar-refractivity contribution is 0.294. The van der Waals surface area contributed by atoms with Gasteiger partial charge in [-0.25, -0.2) is 9.97 Å². The van der Waals surface area contributed by atoms with Crippen molar-refractivity contribution >= 4 is 22.9 Å². The number of pyridine rings is 1. The number of fused-ring (bicyclic) bond motifs is 1. The molecular formula is C27H28N6O2. The number of benzene rings is 2. The van der Waals surface area contributed by atoms with E-state index in [1.165, 1.54) is 11.1 Å². The SMILES string of the molecule is COc1cccc(OCc2nc(N(C)CCc3ccncc3)c3cc(C4C=NNC4)ccc3n2)c1. The second kappa shape index (κ2) is 10.4. The number of hydrogen-bond donors (Lipinski definition) is 1. The zero-order valence-electron chi connectivity index (χ0n) is 19.9. The van der Waals surface area contributed by atoms with Gasteiger partial charge in [0, 0.05) is 56.1 Å². The molecule has 2 aromatic carbocycles. The zero-order chi connectivity index (χ0) is 24.0. The molecule has 1 aliphatic heterocycles. The highest BCUT2D eigenvalue weighted by Crippen LogP contribution is 2.28. The molecule has 35 heavy (non-hydrogen) atoms. The molecule has 8 nitrogen and oxygen atoms in total. The molecule has 1 N–H and O–H groups in total. The smallest absolute Gasteiger partial charge is 0.168 e. The Morgan fingerprint density at radius 2 is 1.89 bits per heavy atom. The van der Waals surface area contributed by atoms with Gasteiger partial charge in [-0.15, -0.1) is 0 Å². The van der Waals surface area contributed by atoms with E-state index in [0.717, 1.165) is 42.0 Å². The summed E-state index contributed by atoms with van der Waals surface area (Å²) in [6.45, 7) is 1.87. The molecule has 2 aromatic heterocycles. The van der Waals surface area contributed by atoms with Crippen molar-refractivity contribution in [1.29, 1.82) is 0 Å². The van der Waals surface area contributed by atoms with Crippen LogP contribution in [0.2, 0.25) is 0 Å². The van der Waals surface area contributed by atoms with Crippen LogP contribution in [-0.4, -0.2) is 48.4 Å². The van der Waals surface area contributed by atoms with E-state index in [1.54, 1.807) is 7.11 Å². The molecule has 0 bridgehead atoms. The minimum absolute atomic E-state index is 0.241. The van der Waals surface area contributed by atoms with Crippen LogP contribution in [-0.2, 0) is 13.0 Å². The second-order valence-electron chi connectivity index (χ2n) is 8.48. The van der Waals surface area contributed by atoms with Gasteiger partial charge in [0.15, 0.2) is 5.82 Å². The quantitative estimate of drug-likeness (QED) is 0.398. The van der Waals surface area contributed by atoms with Gasteiger partial charge in [-0.05, 0) is 53.9 Å². The molecule has 0 saturated carbocycles. The third-order valence-corrected chi connectivity index (χ3v) is 6.09. The predicted octanol–water partition coefficient (Wildman–Crippen LogP) is 3.96. The second-order valence-corrected chi connectivity index (χ2v) is 8.48. The van der Waals surface area contributed by atoms with Gasteiger partial charge in [-0.3, -0.25) is 4.98 Å². The number of aromatic nitrogens is 3. The molecule has 0 spiro atoms. The van der Waals surface area contributed by atoms with Gasteiger partial charge < -0.3 is 19.8 Å². The lowest BCUT2D eigenvalue weighted by Gasteiger charge is -2.21. The Hall–Kier alpha value is -4.20. The molecule has 178 valence electrons. The fourth-order valence-electron chi connectivity index (χ4n) is 4.10. The number of hydrogen-bond acceptors (Lipinski definition) is 8. The molecule has 0 fully saturated rings. The van der Waals surface area contributed by atoms with Crippen LogP contribution in [0, 0.1) is 0 Å². The molecule has 0 radical (unpaired) electrons. The van der Waals surface area contributed by atoms with Crippen molar-refractivity contribution in [2.45, 2.75) is 18.9 Å². The van der Waals surface area contributed by atoms with Crippen LogP contribution in [0.4, 0.5) is 5.82 Å². The van der Waals surface area contributed by atoms with Gasteiger partial charge in [-0.2, -0.15) is 5.10 Å². The van der Waals surface area contributed by atoms with Gasteiger partial charge in [0.05, 0.1) is 12.6 Å². The first-order valence-corrected chi connectivity index (χ1v) is 11.6. The minimum atomic E-state index is 0.241. The highest BCUT2D eigenvalue weighted by Gasteiger charge is 2.17. The Morgan fingerprint density at radius 3 is 2.69 bits per heavy atom. The van der Waals surface area contributed by atoms with Crippen molar-refractivity contribution in [3.63, 3.8) is 0 Å². The summed E-state index contributed by atoms with van der Waals surface area (Å²) in [5.74, 6) is 3.21. The minimum Gasteiger partial charge on any atom is -0.497 e.